The van der Waals surface area contributed by atoms with Crippen molar-refractivity contribution < 1.29 is 9.53 Å². The predicted octanol–water partition coefficient (Wildman–Crippen LogP) is 3.81. The minimum atomic E-state index is -0.381. The van der Waals surface area contributed by atoms with E-state index < -0.39 is 0 Å². The molecule has 158 valence electrons. The highest BCUT2D eigenvalue weighted by Gasteiger charge is 2.36. The van der Waals surface area contributed by atoms with E-state index in [1.165, 1.54) is 0 Å². The fourth-order valence-corrected chi connectivity index (χ4v) is 4.64. The lowest BCUT2D eigenvalue weighted by Crippen LogP contribution is -2.43. The van der Waals surface area contributed by atoms with Crippen LogP contribution in [-0.4, -0.2) is 44.0 Å². The van der Waals surface area contributed by atoms with Crippen molar-refractivity contribution in [2.75, 3.05) is 13.7 Å². The van der Waals surface area contributed by atoms with E-state index >= 15 is 0 Å². The Morgan fingerprint density at radius 2 is 1.97 bits per heavy atom. The summed E-state index contributed by atoms with van der Waals surface area (Å²) in [6.45, 7) is 4.53. The van der Waals surface area contributed by atoms with Gasteiger partial charge in [0.05, 0.1) is 30.2 Å². The van der Waals surface area contributed by atoms with Crippen LogP contribution in [0.4, 0.5) is 0 Å². The number of carbonyl (C=O) groups is 1. The first-order valence-electron chi connectivity index (χ1n) is 10.5. The number of imidazole rings is 2. The second kappa shape index (κ2) is 7.58. The molecule has 2 atom stereocenters. The number of nitrogens with one attached hydrogen (secondary N) is 1. The van der Waals surface area contributed by atoms with Crippen LogP contribution in [0.25, 0.3) is 11.0 Å². The number of H-pyrrole nitrogens is 1. The van der Waals surface area contributed by atoms with E-state index in [4.69, 9.17) is 4.74 Å². The van der Waals surface area contributed by atoms with Crippen molar-refractivity contribution in [1.82, 2.24) is 24.4 Å². The molecule has 5 rings (SSSR count). The summed E-state index contributed by atoms with van der Waals surface area (Å²) in [7, 11) is 1.65. The molecule has 1 amide bonds. The van der Waals surface area contributed by atoms with E-state index in [9.17, 15) is 4.79 Å². The number of fused-ring (bicyclic) bond motifs is 2. The lowest BCUT2D eigenvalue weighted by molar-refractivity contribution is -0.136. The number of rotatable bonds is 4. The average molecular weight is 415 g/mol. The minimum absolute atomic E-state index is 0.0562. The zero-order valence-corrected chi connectivity index (χ0v) is 17.9. The molecule has 0 bridgehead atoms. The maximum Gasteiger partial charge on any atom is 0.246 e. The van der Waals surface area contributed by atoms with E-state index in [0.29, 0.717) is 6.54 Å². The molecule has 2 aromatic heterocycles. The fourth-order valence-electron chi connectivity index (χ4n) is 4.64. The molecule has 0 saturated carbocycles. The summed E-state index contributed by atoms with van der Waals surface area (Å²) in [5, 5.41) is 0. The number of hydrogen-bond acceptors (Lipinski definition) is 4. The first-order chi connectivity index (χ1) is 15.1. The molecule has 7 nitrogen and oxygen atoms in total. The number of aromatic amines is 1. The van der Waals surface area contributed by atoms with Crippen LogP contribution < -0.4 is 4.74 Å². The zero-order chi connectivity index (χ0) is 21.5. The third kappa shape index (κ3) is 3.17. The molecule has 2 aromatic carbocycles. The number of aryl methyl sites for hydroxylation is 1. The third-order valence-corrected chi connectivity index (χ3v) is 6.16. The molecule has 1 N–H and O–H groups in total. The van der Waals surface area contributed by atoms with E-state index in [1.807, 2.05) is 71.8 Å². The normalized spacial score (nSPS) is 16.9. The number of hydrogen-bond donors (Lipinski definition) is 1. The Kier molecular flexibility index (Phi) is 4.73. The fraction of sp³-hybridized carbons (Fsp3) is 0.292. The Balaban J connectivity index is 1.55. The maximum atomic E-state index is 13.8. The van der Waals surface area contributed by atoms with Crippen molar-refractivity contribution in [3.05, 3.63) is 77.6 Å². The summed E-state index contributed by atoms with van der Waals surface area (Å²) in [6.07, 6.45) is 2.47. The monoisotopic (exact) mass is 415 g/mol. The number of nitrogens with zero attached hydrogens (tertiary/aromatic N) is 4. The number of aromatic nitrogens is 4. The van der Waals surface area contributed by atoms with E-state index in [1.54, 1.807) is 13.4 Å². The van der Waals surface area contributed by atoms with Crippen LogP contribution in [0.15, 0.2) is 54.9 Å². The van der Waals surface area contributed by atoms with Gasteiger partial charge in [0.15, 0.2) is 0 Å². The number of amides is 1. The number of benzene rings is 2. The molecule has 0 radical (unpaired) electrons. The predicted molar refractivity (Wildman–Crippen MR) is 118 cm³/mol. The molecule has 7 heteroatoms. The number of methoxy groups -OCH3 is 1. The lowest BCUT2D eigenvalue weighted by Gasteiger charge is -2.37. The number of ether oxygens (including phenoxy) is 1. The van der Waals surface area contributed by atoms with Gasteiger partial charge < -0.3 is 19.2 Å². The van der Waals surface area contributed by atoms with Gasteiger partial charge in [-0.05, 0) is 43.7 Å². The van der Waals surface area contributed by atoms with E-state index in [2.05, 4.69) is 15.0 Å². The van der Waals surface area contributed by atoms with Crippen molar-refractivity contribution in [3.63, 3.8) is 0 Å². The quantitative estimate of drug-likeness (QED) is 0.550. The Morgan fingerprint density at radius 1 is 1.19 bits per heavy atom. The van der Waals surface area contributed by atoms with Crippen LogP contribution in [0.3, 0.4) is 0 Å². The molecular weight excluding hydrogens is 390 g/mol. The summed E-state index contributed by atoms with van der Waals surface area (Å²) in [4.78, 5) is 28.3. The van der Waals surface area contributed by atoms with E-state index in [0.717, 1.165) is 46.0 Å². The summed E-state index contributed by atoms with van der Waals surface area (Å²) >= 11 is 0. The Bertz CT molecular complexity index is 1240. The summed E-state index contributed by atoms with van der Waals surface area (Å²) < 4.78 is 7.34. The van der Waals surface area contributed by atoms with Crippen molar-refractivity contribution in [1.29, 1.82) is 0 Å². The van der Waals surface area contributed by atoms with Crippen LogP contribution in [-0.2, 0) is 11.2 Å². The third-order valence-electron chi connectivity index (χ3n) is 6.16. The highest BCUT2D eigenvalue weighted by atomic mass is 16.5. The Hall–Kier alpha value is -3.61. The largest absolute Gasteiger partial charge is 0.497 e. The zero-order valence-electron chi connectivity index (χ0n) is 17.9. The van der Waals surface area contributed by atoms with Gasteiger partial charge in [0.25, 0.3) is 0 Å². The molecule has 0 unspecified atom stereocenters. The molecule has 4 aromatic rings. The van der Waals surface area contributed by atoms with Gasteiger partial charge in [-0.15, -0.1) is 0 Å². The second-order valence-corrected chi connectivity index (χ2v) is 7.92. The summed E-state index contributed by atoms with van der Waals surface area (Å²) in [6, 6.07) is 15.2. The van der Waals surface area contributed by atoms with Gasteiger partial charge in [-0.1, -0.05) is 24.3 Å². The topological polar surface area (TPSA) is 76.0 Å². The summed E-state index contributed by atoms with van der Waals surface area (Å²) in [5.41, 5.74) is 4.88. The number of carbonyl (C=O) groups excluding carboxylic acids is 1. The first-order valence-corrected chi connectivity index (χ1v) is 10.5. The van der Waals surface area contributed by atoms with Gasteiger partial charge in [0, 0.05) is 18.7 Å². The van der Waals surface area contributed by atoms with E-state index in [-0.39, 0.29) is 18.0 Å². The Morgan fingerprint density at radius 3 is 2.74 bits per heavy atom. The standard InChI is InChI=1S/C24H25N5O2/c1-15(29-16(2)27-19-6-4-5-7-21(19)29)24(30)28-13-12-20-22(26-14-25-20)23(28)17-8-10-18(31-3)11-9-17/h4-11,14-15,23H,12-13H2,1-3H3,(H,25,26)/t15-,23-/m1/s1. The number of para-hydroxylation sites is 2. The van der Waals surface area contributed by atoms with Gasteiger partial charge in [0.2, 0.25) is 5.91 Å². The van der Waals surface area contributed by atoms with Crippen molar-refractivity contribution in [3.8, 4) is 5.75 Å². The lowest BCUT2D eigenvalue weighted by atomic mass is 9.94. The molecule has 3 heterocycles. The summed E-state index contributed by atoms with van der Waals surface area (Å²) in [5.74, 6) is 1.68. The van der Waals surface area contributed by atoms with Crippen molar-refractivity contribution >= 4 is 16.9 Å². The van der Waals surface area contributed by atoms with Gasteiger partial charge in [-0.3, -0.25) is 4.79 Å². The van der Waals surface area contributed by atoms with Crippen LogP contribution in [0.2, 0.25) is 0 Å². The maximum absolute atomic E-state index is 13.8. The van der Waals surface area contributed by atoms with Crippen LogP contribution >= 0.6 is 0 Å². The first kappa shape index (κ1) is 19.4. The highest BCUT2D eigenvalue weighted by molar-refractivity contribution is 5.85. The molecule has 0 fully saturated rings. The molecule has 1 aliphatic heterocycles. The highest BCUT2D eigenvalue weighted by Crippen LogP contribution is 2.36. The van der Waals surface area contributed by atoms with Crippen LogP contribution in [0.1, 0.15) is 41.8 Å². The van der Waals surface area contributed by atoms with Crippen LogP contribution in [0.5, 0.6) is 5.75 Å². The van der Waals surface area contributed by atoms with Crippen molar-refractivity contribution in [2.45, 2.75) is 32.4 Å². The molecule has 1 aliphatic rings. The average Bonchev–Trinajstić information content (AvgIpc) is 3.41. The van der Waals surface area contributed by atoms with Gasteiger partial charge in [-0.2, -0.15) is 0 Å². The smallest absolute Gasteiger partial charge is 0.246 e. The molecular formula is C24H25N5O2. The van der Waals surface area contributed by atoms with Gasteiger partial charge >= 0.3 is 0 Å². The van der Waals surface area contributed by atoms with Gasteiger partial charge in [-0.25, -0.2) is 9.97 Å². The minimum Gasteiger partial charge on any atom is -0.497 e. The molecule has 0 spiro atoms. The van der Waals surface area contributed by atoms with Crippen LogP contribution in [0, 0.1) is 6.92 Å². The SMILES string of the molecule is COc1ccc([C@@H]2c3nc[nH]c3CCN2C(=O)[C@@H](C)n2c(C)nc3ccccc32)cc1. The molecule has 0 aliphatic carbocycles. The van der Waals surface area contributed by atoms with Gasteiger partial charge in [0.1, 0.15) is 23.7 Å². The van der Waals surface area contributed by atoms with Crippen molar-refractivity contribution in [2.24, 2.45) is 0 Å². The Labute approximate surface area is 180 Å². The second-order valence-electron chi connectivity index (χ2n) is 7.92. The molecule has 0 saturated heterocycles. The molecule has 31 heavy (non-hydrogen) atoms.